The van der Waals surface area contributed by atoms with E-state index >= 15 is 0 Å². The number of amides is 1. The first kappa shape index (κ1) is 24.0. The van der Waals surface area contributed by atoms with Crippen molar-refractivity contribution in [3.63, 3.8) is 0 Å². The van der Waals surface area contributed by atoms with Gasteiger partial charge in [0.25, 0.3) is 11.5 Å². The van der Waals surface area contributed by atoms with Crippen molar-refractivity contribution in [1.82, 2.24) is 29.5 Å². The number of rotatable bonds is 5. The van der Waals surface area contributed by atoms with Gasteiger partial charge in [-0.15, -0.1) is 0 Å². The maximum atomic E-state index is 13.6. The number of aromatic nitrogens is 5. The summed E-state index contributed by atoms with van der Waals surface area (Å²) in [7, 11) is 0. The molecule has 6 rings (SSSR count). The van der Waals surface area contributed by atoms with Crippen LogP contribution in [0.2, 0.25) is 0 Å². The zero-order valence-electron chi connectivity index (χ0n) is 20.7. The molecule has 1 amide bonds. The first-order valence-electron chi connectivity index (χ1n) is 12.9. The number of hydrogen-bond donors (Lipinski definition) is 1. The van der Waals surface area contributed by atoms with Crippen molar-refractivity contribution < 1.29 is 9.18 Å². The van der Waals surface area contributed by atoms with Crippen LogP contribution in [0.4, 0.5) is 4.39 Å². The molecule has 0 spiro atoms. The van der Waals surface area contributed by atoms with E-state index in [0.717, 1.165) is 5.56 Å². The van der Waals surface area contributed by atoms with E-state index in [1.54, 1.807) is 0 Å². The van der Waals surface area contributed by atoms with Crippen LogP contribution in [-0.4, -0.2) is 55.1 Å². The molecule has 1 saturated carbocycles. The summed E-state index contributed by atoms with van der Waals surface area (Å²) in [6.07, 6.45) is 8.96. The Morgan fingerprint density at radius 3 is 2.55 bits per heavy atom. The molecule has 2 aliphatic rings. The lowest BCUT2D eigenvalue weighted by atomic mass is 9.84. The van der Waals surface area contributed by atoms with Gasteiger partial charge in [0.15, 0.2) is 11.3 Å². The summed E-state index contributed by atoms with van der Waals surface area (Å²) in [4.78, 5) is 41.4. The summed E-state index contributed by atoms with van der Waals surface area (Å²) >= 11 is 0. The van der Waals surface area contributed by atoms with E-state index in [4.69, 9.17) is 4.98 Å². The summed E-state index contributed by atoms with van der Waals surface area (Å²) in [5.41, 5.74) is 2.65. The van der Waals surface area contributed by atoms with Crippen LogP contribution >= 0.6 is 0 Å². The molecule has 0 radical (unpaired) electrons. The highest BCUT2D eigenvalue weighted by Gasteiger charge is 2.35. The largest absolute Gasteiger partial charge is 0.338 e. The van der Waals surface area contributed by atoms with Gasteiger partial charge in [0.1, 0.15) is 23.0 Å². The fourth-order valence-electron chi connectivity index (χ4n) is 5.52. The van der Waals surface area contributed by atoms with Crippen LogP contribution in [0.3, 0.4) is 0 Å². The third-order valence-electron chi connectivity index (χ3n) is 7.62. The third kappa shape index (κ3) is 4.14. The average molecular weight is 512 g/mol. The van der Waals surface area contributed by atoms with Crippen molar-refractivity contribution >= 4 is 11.6 Å². The smallest absolute Gasteiger partial charge is 0.273 e. The van der Waals surface area contributed by atoms with Crippen LogP contribution in [0.1, 0.15) is 59.6 Å². The second-order valence-electron chi connectivity index (χ2n) is 10.1. The van der Waals surface area contributed by atoms with Crippen LogP contribution in [0.5, 0.6) is 0 Å². The average Bonchev–Trinajstić information content (AvgIpc) is 3.33. The Kier molecular flexibility index (Phi) is 6.19. The van der Waals surface area contributed by atoms with Crippen molar-refractivity contribution in [2.24, 2.45) is 5.92 Å². The number of alkyl halides is 1. The predicted octanol–water partition coefficient (Wildman–Crippen LogP) is 4.11. The lowest BCUT2D eigenvalue weighted by Gasteiger charge is -2.37. The summed E-state index contributed by atoms with van der Waals surface area (Å²) in [6.45, 7) is 0.0282. The van der Waals surface area contributed by atoms with Gasteiger partial charge in [-0.3, -0.25) is 19.1 Å². The standard InChI is InChI=1S/C28H26FN7O2/c29-13-17-15-35(16-17)28(38)24-26(25-22(14-30)31-10-11-32-25)34-36-23(37)12-21(33-27(24)36)20-8-6-19(7-9-20)18-4-2-1-3-5-18/h6-12,17-18,34H,1-5,13,15-16H2. The zero-order valence-corrected chi connectivity index (χ0v) is 20.7. The van der Waals surface area contributed by atoms with Crippen LogP contribution in [0, 0.1) is 17.2 Å². The fraction of sp³-hybridized carbons (Fsp3) is 0.357. The maximum absolute atomic E-state index is 13.6. The zero-order chi connectivity index (χ0) is 26.2. The Labute approximate surface area is 218 Å². The molecular weight excluding hydrogens is 485 g/mol. The number of nitrogens with one attached hydrogen (secondary N) is 1. The second kappa shape index (κ2) is 9.82. The molecule has 1 aromatic carbocycles. The van der Waals surface area contributed by atoms with Crippen molar-refractivity contribution in [2.75, 3.05) is 19.8 Å². The minimum Gasteiger partial charge on any atom is -0.338 e. The van der Waals surface area contributed by atoms with Gasteiger partial charge in [-0.2, -0.15) is 5.26 Å². The number of nitriles is 1. The van der Waals surface area contributed by atoms with Gasteiger partial charge in [0, 0.05) is 43.0 Å². The predicted molar refractivity (Wildman–Crippen MR) is 138 cm³/mol. The van der Waals surface area contributed by atoms with Crippen LogP contribution in [0.25, 0.3) is 28.3 Å². The molecule has 0 atom stereocenters. The van der Waals surface area contributed by atoms with Crippen LogP contribution < -0.4 is 5.56 Å². The summed E-state index contributed by atoms with van der Waals surface area (Å²) in [6, 6.07) is 11.5. The van der Waals surface area contributed by atoms with E-state index in [0.29, 0.717) is 11.6 Å². The van der Waals surface area contributed by atoms with Gasteiger partial charge in [-0.05, 0) is 24.3 Å². The number of H-pyrrole nitrogens is 1. The highest BCUT2D eigenvalue weighted by atomic mass is 19.1. The lowest BCUT2D eigenvalue weighted by molar-refractivity contribution is 0.0455. The van der Waals surface area contributed by atoms with Gasteiger partial charge in [0.05, 0.1) is 12.4 Å². The van der Waals surface area contributed by atoms with Crippen molar-refractivity contribution in [1.29, 1.82) is 5.26 Å². The fourth-order valence-corrected chi connectivity index (χ4v) is 5.52. The molecule has 1 aliphatic heterocycles. The number of fused-ring (bicyclic) bond motifs is 1. The Balaban J connectivity index is 1.47. The third-order valence-corrected chi connectivity index (χ3v) is 7.62. The van der Waals surface area contributed by atoms with E-state index in [2.05, 4.69) is 27.2 Å². The minimum atomic E-state index is -0.508. The van der Waals surface area contributed by atoms with E-state index in [9.17, 15) is 19.2 Å². The molecule has 0 unspecified atom stereocenters. The Morgan fingerprint density at radius 1 is 1.11 bits per heavy atom. The number of halogens is 1. The van der Waals surface area contributed by atoms with Gasteiger partial charge in [-0.1, -0.05) is 43.5 Å². The SMILES string of the molecule is N#Cc1nccnc1-c1[nH]n2c(=O)cc(-c3ccc(C4CCCCC4)cc3)nc2c1C(=O)N1CC(CF)C1. The first-order chi connectivity index (χ1) is 18.6. The molecule has 1 N–H and O–H groups in total. The van der Waals surface area contributed by atoms with E-state index in [1.807, 2.05) is 18.2 Å². The van der Waals surface area contributed by atoms with Crippen molar-refractivity contribution in [2.45, 2.75) is 38.0 Å². The van der Waals surface area contributed by atoms with Gasteiger partial charge >= 0.3 is 0 Å². The van der Waals surface area contributed by atoms with Gasteiger partial charge in [0.2, 0.25) is 0 Å². The number of hydrogen-bond acceptors (Lipinski definition) is 6. The normalized spacial score (nSPS) is 16.4. The Bertz CT molecular complexity index is 1610. The monoisotopic (exact) mass is 511 g/mol. The Hall–Kier alpha value is -4.39. The quantitative estimate of drug-likeness (QED) is 0.431. The summed E-state index contributed by atoms with van der Waals surface area (Å²) in [5.74, 6) is -0.0660. The molecule has 1 aliphatic carbocycles. The molecule has 1 saturated heterocycles. The topological polar surface area (TPSA) is 120 Å². The van der Waals surface area contributed by atoms with Gasteiger partial charge < -0.3 is 4.90 Å². The van der Waals surface area contributed by atoms with Crippen LogP contribution in [-0.2, 0) is 0 Å². The van der Waals surface area contributed by atoms with Crippen molar-refractivity contribution in [3.05, 3.63) is 69.9 Å². The number of aromatic amines is 1. The Morgan fingerprint density at radius 2 is 1.84 bits per heavy atom. The first-order valence-corrected chi connectivity index (χ1v) is 12.9. The molecule has 192 valence electrons. The number of likely N-dealkylation sites (tertiary alicyclic amines) is 1. The molecule has 10 heteroatoms. The number of nitrogens with zero attached hydrogens (tertiary/aromatic N) is 6. The molecule has 4 aromatic rings. The van der Waals surface area contributed by atoms with Crippen LogP contribution in [0.15, 0.2) is 47.5 Å². The highest BCUT2D eigenvalue weighted by Crippen LogP contribution is 2.34. The molecule has 9 nitrogen and oxygen atoms in total. The molecule has 4 heterocycles. The molecule has 3 aromatic heterocycles. The number of carbonyl (C=O) groups excluding carboxylic acids is 1. The second-order valence-corrected chi connectivity index (χ2v) is 10.1. The molecule has 2 fully saturated rings. The van der Waals surface area contributed by atoms with Crippen molar-refractivity contribution in [3.8, 4) is 28.7 Å². The van der Waals surface area contributed by atoms with E-state index in [1.165, 1.54) is 65.5 Å². The highest BCUT2D eigenvalue weighted by molar-refractivity contribution is 6.06. The minimum absolute atomic E-state index is 0.00456. The lowest BCUT2D eigenvalue weighted by Crippen LogP contribution is -2.50. The number of benzene rings is 1. The summed E-state index contributed by atoms with van der Waals surface area (Å²) < 4.78 is 14.3. The molecular formula is C28H26FN7O2. The van der Waals surface area contributed by atoms with Gasteiger partial charge in [-0.25, -0.2) is 19.5 Å². The molecule has 38 heavy (non-hydrogen) atoms. The maximum Gasteiger partial charge on any atom is 0.273 e. The van der Waals surface area contributed by atoms with E-state index in [-0.39, 0.29) is 47.3 Å². The molecule has 0 bridgehead atoms. The summed E-state index contributed by atoms with van der Waals surface area (Å²) in [5, 5.41) is 12.5. The van der Waals surface area contributed by atoms with E-state index < -0.39 is 18.1 Å². The number of carbonyl (C=O) groups is 1.